The molecule has 4 unspecified atom stereocenters. The Kier molecular flexibility index (Phi) is 3.25. The highest BCUT2D eigenvalue weighted by Crippen LogP contribution is 2.46. The highest BCUT2D eigenvalue weighted by Gasteiger charge is 2.38. The first kappa shape index (κ1) is 11.9. The Bertz CT molecular complexity index is 313. The van der Waals surface area contributed by atoms with Crippen molar-refractivity contribution in [3.8, 4) is 0 Å². The fourth-order valence-corrected chi connectivity index (χ4v) is 3.28. The zero-order valence-corrected chi connectivity index (χ0v) is 10.7. The lowest BCUT2D eigenvalue weighted by Crippen LogP contribution is -2.18. The van der Waals surface area contributed by atoms with E-state index in [-0.39, 0.29) is 6.10 Å². The molecule has 1 heteroatoms. The van der Waals surface area contributed by atoms with Gasteiger partial charge in [-0.3, -0.25) is 0 Å². The van der Waals surface area contributed by atoms with Crippen LogP contribution in [0.5, 0.6) is 0 Å². The van der Waals surface area contributed by atoms with Crippen molar-refractivity contribution in [1.82, 2.24) is 0 Å². The van der Waals surface area contributed by atoms with E-state index in [1.807, 2.05) is 0 Å². The fourth-order valence-electron chi connectivity index (χ4n) is 3.28. The summed E-state index contributed by atoms with van der Waals surface area (Å²) in [5.41, 5.74) is 2.51. The van der Waals surface area contributed by atoms with Crippen molar-refractivity contribution in [3.05, 3.63) is 23.8 Å². The van der Waals surface area contributed by atoms with Crippen LogP contribution in [0.1, 0.15) is 40.0 Å². The molecule has 1 nitrogen and oxygen atoms in total. The minimum absolute atomic E-state index is 0.311. The Morgan fingerprint density at radius 1 is 1.38 bits per heavy atom. The molecular weight excluding hydrogens is 196 g/mol. The molecule has 0 bridgehead atoms. The van der Waals surface area contributed by atoms with Gasteiger partial charge in [-0.15, -0.1) is 0 Å². The summed E-state index contributed by atoms with van der Waals surface area (Å²) in [4.78, 5) is 0. The summed E-state index contributed by atoms with van der Waals surface area (Å²) in [6, 6.07) is 0. The van der Waals surface area contributed by atoms with Gasteiger partial charge in [0.15, 0.2) is 0 Å². The van der Waals surface area contributed by atoms with Crippen LogP contribution >= 0.6 is 0 Å². The molecule has 0 amide bonds. The second kappa shape index (κ2) is 4.37. The van der Waals surface area contributed by atoms with Gasteiger partial charge in [0, 0.05) is 0 Å². The maximum Gasteiger partial charge on any atom is 0.0787 e. The quantitative estimate of drug-likeness (QED) is 0.670. The molecule has 1 N–H and O–H groups in total. The molecule has 0 saturated heterocycles. The van der Waals surface area contributed by atoms with Gasteiger partial charge in [0.1, 0.15) is 0 Å². The number of rotatable bonds is 1. The molecule has 2 aliphatic rings. The van der Waals surface area contributed by atoms with Crippen LogP contribution in [-0.4, -0.2) is 11.2 Å². The number of fused-ring (bicyclic) bond motifs is 1. The largest absolute Gasteiger partial charge is 0.388 e. The van der Waals surface area contributed by atoms with E-state index in [9.17, 15) is 5.11 Å². The summed E-state index contributed by atoms with van der Waals surface area (Å²) in [6.45, 7) is 10.9. The second-order valence-corrected chi connectivity index (χ2v) is 5.93. The number of aliphatic hydroxyl groups excluding tert-OH is 1. The van der Waals surface area contributed by atoms with Crippen LogP contribution in [0.15, 0.2) is 23.8 Å². The van der Waals surface area contributed by atoms with E-state index in [4.69, 9.17) is 0 Å². The normalized spacial score (nSPS) is 39.6. The molecule has 0 radical (unpaired) electrons. The molecule has 0 heterocycles. The van der Waals surface area contributed by atoms with Gasteiger partial charge >= 0.3 is 0 Å². The van der Waals surface area contributed by atoms with E-state index in [1.165, 1.54) is 18.4 Å². The molecule has 0 spiro atoms. The first-order valence-electron chi connectivity index (χ1n) is 6.58. The molecule has 0 aromatic carbocycles. The third kappa shape index (κ3) is 1.98. The van der Waals surface area contributed by atoms with E-state index in [0.29, 0.717) is 17.8 Å². The van der Waals surface area contributed by atoms with E-state index >= 15 is 0 Å². The summed E-state index contributed by atoms with van der Waals surface area (Å²) in [5.74, 6) is 2.46. The number of allylic oxidation sites excluding steroid dienone is 1. The van der Waals surface area contributed by atoms with Crippen LogP contribution in [0.3, 0.4) is 0 Å². The monoisotopic (exact) mass is 220 g/mol. The van der Waals surface area contributed by atoms with Crippen LogP contribution in [0.2, 0.25) is 0 Å². The summed E-state index contributed by atoms with van der Waals surface area (Å²) in [5, 5.41) is 10.2. The number of aliphatic hydroxyl groups is 1. The van der Waals surface area contributed by atoms with Crippen LogP contribution in [0, 0.1) is 23.7 Å². The lowest BCUT2D eigenvalue weighted by molar-refractivity contribution is 0.195. The summed E-state index contributed by atoms with van der Waals surface area (Å²) >= 11 is 0. The topological polar surface area (TPSA) is 20.2 Å². The minimum atomic E-state index is -0.311. The Balaban J connectivity index is 2.32. The van der Waals surface area contributed by atoms with Gasteiger partial charge in [0.2, 0.25) is 0 Å². The Labute approximate surface area is 99.3 Å². The van der Waals surface area contributed by atoms with Gasteiger partial charge in [-0.1, -0.05) is 39.0 Å². The molecule has 2 aliphatic carbocycles. The first-order valence-corrected chi connectivity index (χ1v) is 6.58. The van der Waals surface area contributed by atoms with Crippen molar-refractivity contribution in [3.63, 3.8) is 0 Å². The molecule has 0 aromatic rings. The van der Waals surface area contributed by atoms with Gasteiger partial charge in [0.05, 0.1) is 6.10 Å². The third-order valence-corrected chi connectivity index (χ3v) is 4.54. The maximum absolute atomic E-state index is 10.2. The Morgan fingerprint density at radius 2 is 2.06 bits per heavy atom. The van der Waals surface area contributed by atoms with E-state index in [1.54, 1.807) is 0 Å². The average molecular weight is 220 g/mol. The Hall–Kier alpha value is -0.560. The van der Waals surface area contributed by atoms with Gasteiger partial charge in [-0.05, 0) is 48.5 Å². The maximum atomic E-state index is 10.2. The molecule has 0 aliphatic heterocycles. The number of hydrogen-bond acceptors (Lipinski definition) is 1. The highest BCUT2D eigenvalue weighted by molar-refractivity contribution is 5.24. The highest BCUT2D eigenvalue weighted by atomic mass is 16.3. The predicted molar refractivity (Wildman–Crippen MR) is 68.1 cm³/mol. The van der Waals surface area contributed by atoms with E-state index in [0.717, 1.165) is 17.9 Å². The molecular formula is C15H24O. The molecule has 0 aromatic heterocycles. The smallest absolute Gasteiger partial charge is 0.0787 e. The van der Waals surface area contributed by atoms with Crippen molar-refractivity contribution in [1.29, 1.82) is 0 Å². The average Bonchev–Trinajstić information content (AvgIpc) is 2.51. The standard InChI is InChI=1S/C15H24O/c1-9(2)12-7-14-10(3)5-6-13(14)11(4)15(16)8-12/h7,9-10,13-16H,4-6,8H2,1-3H3. The third-order valence-electron chi connectivity index (χ3n) is 4.54. The van der Waals surface area contributed by atoms with E-state index < -0.39 is 0 Å². The van der Waals surface area contributed by atoms with Crippen molar-refractivity contribution >= 4 is 0 Å². The van der Waals surface area contributed by atoms with Gasteiger partial charge < -0.3 is 5.11 Å². The molecule has 90 valence electrons. The van der Waals surface area contributed by atoms with Crippen molar-refractivity contribution in [2.24, 2.45) is 23.7 Å². The molecule has 2 rings (SSSR count). The van der Waals surface area contributed by atoms with Crippen molar-refractivity contribution in [2.75, 3.05) is 0 Å². The summed E-state index contributed by atoms with van der Waals surface area (Å²) in [7, 11) is 0. The van der Waals surface area contributed by atoms with Crippen molar-refractivity contribution < 1.29 is 5.11 Å². The zero-order valence-electron chi connectivity index (χ0n) is 10.7. The predicted octanol–water partition coefficient (Wildman–Crippen LogP) is 3.55. The molecule has 16 heavy (non-hydrogen) atoms. The lowest BCUT2D eigenvalue weighted by atomic mass is 9.85. The second-order valence-electron chi connectivity index (χ2n) is 5.93. The van der Waals surface area contributed by atoms with Gasteiger partial charge in [0.25, 0.3) is 0 Å². The molecule has 1 fully saturated rings. The zero-order chi connectivity index (χ0) is 11.9. The molecule has 1 saturated carbocycles. The fraction of sp³-hybridized carbons (Fsp3) is 0.733. The number of hydrogen-bond donors (Lipinski definition) is 1. The van der Waals surface area contributed by atoms with Crippen LogP contribution in [-0.2, 0) is 0 Å². The van der Waals surface area contributed by atoms with Crippen LogP contribution < -0.4 is 0 Å². The van der Waals surface area contributed by atoms with Gasteiger partial charge in [-0.25, -0.2) is 0 Å². The summed E-state index contributed by atoms with van der Waals surface area (Å²) < 4.78 is 0. The minimum Gasteiger partial charge on any atom is -0.388 e. The van der Waals surface area contributed by atoms with Crippen LogP contribution in [0.25, 0.3) is 0 Å². The van der Waals surface area contributed by atoms with Gasteiger partial charge in [-0.2, -0.15) is 0 Å². The summed E-state index contributed by atoms with van der Waals surface area (Å²) in [6.07, 6.45) is 5.44. The molecule has 4 atom stereocenters. The van der Waals surface area contributed by atoms with Crippen LogP contribution in [0.4, 0.5) is 0 Å². The first-order chi connectivity index (χ1) is 7.50. The lowest BCUT2D eigenvalue weighted by Gasteiger charge is -2.21. The van der Waals surface area contributed by atoms with Crippen molar-refractivity contribution in [2.45, 2.75) is 46.1 Å². The van der Waals surface area contributed by atoms with E-state index in [2.05, 4.69) is 33.4 Å². The Morgan fingerprint density at radius 3 is 2.69 bits per heavy atom. The SMILES string of the molecule is C=C1C(O)CC(C(C)C)=CC2C(C)CCC12.